The smallest absolute Gasteiger partial charge is 0.347 e. The molecule has 1 N–H and O–H groups in total. The van der Waals surface area contributed by atoms with Gasteiger partial charge in [0.1, 0.15) is 10.6 Å². The Kier molecular flexibility index (Phi) is 4.64. The Bertz CT molecular complexity index is 920. The van der Waals surface area contributed by atoms with Crippen molar-refractivity contribution in [2.75, 3.05) is 14.2 Å². The van der Waals surface area contributed by atoms with Gasteiger partial charge in [-0.05, 0) is 30.3 Å². The van der Waals surface area contributed by atoms with Crippen LogP contribution in [-0.4, -0.2) is 25.3 Å². The molecule has 0 bridgehead atoms. The topological polar surface area (TPSA) is 55.8 Å². The second kappa shape index (κ2) is 6.70. The van der Waals surface area contributed by atoms with Gasteiger partial charge in [0.15, 0.2) is 11.6 Å². The number of methoxy groups -OCH3 is 2. The van der Waals surface area contributed by atoms with Crippen LogP contribution < -0.4 is 9.47 Å². The maximum absolute atomic E-state index is 14.7. The Morgan fingerprint density at radius 2 is 2.00 bits per heavy atom. The van der Waals surface area contributed by atoms with E-state index in [4.69, 9.17) is 9.47 Å². The van der Waals surface area contributed by atoms with Gasteiger partial charge in [0, 0.05) is 19.9 Å². The molecule has 0 aliphatic rings. The third-order valence-corrected chi connectivity index (χ3v) is 5.76. The average Bonchev–Trinajstić information content (AvgIpc) is 2.95. The van der Waals surface area contributed by atoms with Crippen LogP contribution >= 0.6 is 23.1 Å². The van der Waals surface area contributed by atoms with Gasteiger partial charge in [-0.3, -0.25) is 0 Å². The zero-order valence-electron chi connectivity index (χ0n) is 12.8. The highest BCUT2D eigenvalue weighted by molar-refractivity contribution is 7.99. The molecule has 0 atom stereocenters. The van der Waals surface area contributed by atoms with E-state index in [1.54, 1.807) is 31.4 Å². The van der Waals surface area contributed by atoms with Crippen LogP contribution in [0.25, 0.3) is 10.1 Å². The summed E-state index contributed by atoms with van der Waals surface area (Å²) in [6, 6.07) is 10.4. The van der Waals surface area contributed by atoms with Crippen LogP contribution in [0.4, 0.5) is 4.39 Å². The van der Waals surface area contributed by atoms with Crippen LogP contribution in [0.3, 0.4) is 0 Å². The molecule has 0 unspecified atom stereocenters. The molecular formula is C17H13FO4S2. The van der Waals surface area contributed by atoms with E-state index >= 15 is 0 Å². The summed E-state index contributed by atoms with van der Waals surface area (Å²) < 4.78 is 25.5. The van der Waals surface area contributed by atoms with E-state index < -0.39 is 11.8 Å². The second-order valence-corrected chi connectivity index (χ2v) is 6.94. The third-order valence-electron chi connectivity index (χ3n) is 3.39. The molecule has 0 saturated heterocycles. The van der Waals surface area contributed by atoms with Crippen molar-refractivity contribution >= 4 is 39.2 Å². The van der Waals surface area contributed by atoms with Crippen molar-refractivity contribution in [1.82, 2.24) is 0 Å². The first-order valence-electron chi connectivity index (χ1n) is 6.89. The number of ether oxygens (including phenoxy) is 2. The zero-order chi connectivity index (χ0) is 17.3. The lowest BCUT2D eigenvalue weighted by Gasteiger charge is -2.07. The highest BCUT2D eigenvalue weighted by Crippen LogP contribution is 2.44. The lowest BCUT2D eigenvalue weighted by Crippen LogP contribution is -1.94. The molecule has 0 saturated carbocycles. The SMILES string of the molecule is COc1cccc(Sc2c(C(=O)O)sc3ccc(OC)c(F)c23)c1. The zero-order valence-corrected chi connectivity index (χ0v) is 14.5. The number of carboxylic acids is 1. The molecule has 0 fully saturated rings. The molecule has 4 nitrogen and oxygen atoms in total. The van der Waals surface area contributed by atoms with E-state index in [2.05, 4.69) is 0 Å². The van der Waals surface area contributed by atoms with Crippen LogP contribution in [-0.2, 0) is 0 Å². The van der Waals surface area contributed by atoms with E-state index in [1.807, 2.05) is 6.07 Å². The van der Waals surface area contributed by atoms with E-state index in [1.165, 1.54) is 24.9 Å². The molecule has 3 rings (SSSR count). The fourth-order valence-electron chi connectivity index (χ4n) is 2.28. The van der Waals surface area contributed by atoms with E-state index in [0.29, 0.717) is 15.3 Å². The molecule has 1 aromatic heterocycles. The predicted octanol–water partition coefficient (Wildman–Crippen LogP) is 4.91. The normalized spacial score (nSPS) is 10.8. The van der Waals surface area contributed by atoms with Crippen LogP contribution in [0.15, 0.2) is 46.2 Å². The molecule has 2 aromatic carbocycles. The lowest BCUT2D eigenvalue weighted by molar-refractivity contribution is 0.0699. The van der Waals surface area contributed by atoms with Crippen molar-refractivity contribution in [2.24, 2.45) is 0 Å². The van der Waals surface area contributed by atoms with Gasteiger partial charge < -0.3 is 14.6 Å². The molecule has 0 amide bonds. The summed E-state index contributed by atoms with van der Waals surface area (Å²) in [5.41, 5.74) is 0. The van der Waals surface area contributed by atoms with E-state index in [-0.39, 0.29) is 16.0 Å². The van der Waals surface area contributed by atoms with Gasteiger partial charge in [-0.1, -0.05) is 17.8 Å². The van der Waals surface area contributed by atoms with Crippen molar-refractivity contribution in [3.05, 3.63) is 47.1 Å². The minimum atomic E-state index is -1.08. The largest absolute Gasteiger partial charge is 0.497 e. The monoisotopic (exact) mass is 364 g/mol. The summed E-state index contributed by atoms with van der Waals surface area (Å²) in [5, 5.41) is 9.75. The molecule has 0 aliphatic carbocycles. The Hall–Kier alpha value is -2.25. The molecule has 0 spiro atoms. The number of carbonyl (C=O) groups is 1. The maximum Gasteiger partial charge on any atom is 0.347 e. The first-order valence-corrected chi connectivity index (χ1v) is 8.52. The first-order chi connectivity index (χ1) is 11.5. The minimum absolute atomic E-state index is 0.0877. The average molecular weight is 364 g/mol. The number of rotatable bonds is 5. The highest BCUT2D eigenvalue weighted by Gasteiger charge is 2.23. The van der Waals surface area contributed by atoms with Crippen LogP contribution in [0, 0.1) is 5.82 Å². The van der Waals surface area contributed by atoms with E-state index in [9.17, 15) is 14.3 Å². The van der Waals surface area contributed by atoms with Crippen molar-refractivity contribution in [1.29, 1.82) is 0 Å². The van der Waals surface area contributed by atoms with Crippen LogP contribution in [0.5, 0.6) is 11.5 Å². The fraction of sp³-hybridized carbons (Fsp3) is 0.118. The highest BCUT2D eigenvalue weighted by atomic mass is 32.2. The molecule has 7 heteroatoms. The Morgan fingerprint density at radius 3 is 2.67 bits per heavy atom. The molecular weight excluding hydrogens is 351 g/mol. The second-order valence-electron chi connectivity index (χ2n) is 4.80. The van der Waals surface area contributed by atoms with E-state index in [0.717, 1.165) is 16.2 Å². The Balaban J connectivity index is 2.20. The summed E-state index contributed by atoms with van der Waals surface area (Å²) in [4.78, 5) is 12.8. The maximum atomic E-state index is 14.7. The van der Waals surface area contributed by atoms with Gasteiger partial charge in [0.25, 0.3) is 0 Å². The Morgan fingerprint density at radius 1 is 1.21 bits per heavy atom. The van der Waals surface area contributed by atoms with Crippen LogP contribution in [0.1, 0.15) is 9.67 Å². The van der Waals surface area contributed by atoms with Gasteiger partial charge in [-0.15, -0.1) is 11.3 Å². The number of thiophene rings is 1. The number of carboxylic acid groups (broad SMARTS) is 1. The van der Waals surface area contributed by atoms with Crippen molar-refractivity contribution in [3.63, 3.8) is 0 Å². The Labute approximate surface area is 145 Å². The first kappa shape index (κ1) is 16.6. The standard InChI is InChI=1S/C17H13FO4S2/c1-21-9-4-3-5-10(8-9)23-15-13-12(24-16(15)17(19)20)7-6-11(22-2)14(13)18/h3-8H,1-2H3,(H,19,20). The number of aromatic carboxylic acids is 1. The van der Waals surface area contributed by atoms with Gasteiger partial charge in [0.2, 0.25) is 0 Å². The molecule has 0 aliphatic heterocycles. The number of halogens is 1. The van der Waals surface area contributed by atoms with Gasteiger partial charge >= 0.3 is 5.97 Å². The minimum Gasteiger partial charge on any atom is -0.497 e. The quantitative estimate of drug-likeness (QED) is 0.697. The molecule has 24 heavy (non-hydrogen) atoms. The van der Waals surface area contributed by atoms with Crippen molar-refractivity contribution in [2.45, 2.75) is 9.79 Å². The number of benzene rings is 2. The number of fused-ring (bicyclic) bond motifs is 1. The van der Waals surface area contributed by atoms with Gasteiger partial charge in [-0.2, -0.15) is 0 Å². The van der Waals surface area contributed by atoms with Gasteiger partial charge in [-0.25, -0.2) is 9.18 Å². The fourth-order valence-corrected chi connectivity index (χ4v) is 4.57. The van der Waals surface area contributed by atoms with Gasteiger partial charge in [0.05, 0.1) is 14.2 Å². The molecule has 1 heterocycles. The molecule has 124 valence electrons. The molecule has 3 aromatic rings. The number of hydrogen-bond acceptors (Lipinski definition) is 5. The summed E-state index contributed by atoms with van der Waals surface area (Å²) >= 11 is 2.24. The summed E-state index contributed by atoms with van der Waals surface area (Å²) in [6.45, 7) is 0. The van der Waals surface area contributed by atoms with Crippen molar-refractivity contribution < 1.29 is 23.8 Å². The summed E-state index contributed by atoms with van der Waals surface area (Å²) in [7, 11) is 2.93. The predicted molar refractivity (Wildman–Crippen MR) is 92.4 cm³/mol. The molecule has 0 radical (unpaired) electrons. The number of hydrogen-bond donors (Lipinski definition) is 1. The van der Waals surface area contributed by atoms with Crippen molar-refractivity contribution in [3.8, 4) is 11.5 Å². The van der Waals surface area contributed by atoms with Crippen LogP contribution in [0.2, 0.25) is 0 Å². The lowest BCUT2D eigenvalue weighted by atomic mass is 10.2. The summed E-state index contributed by atoms with van der Waals surface area (Å²) in [6.07, 6.45) is 0. The third kappa shape index (κ3) is 2.92. The summed E-state index contributed by atoms with van der Waals surface area (Å²) in [5.74, 6) is -0.900.